The summed E-state index contributed by atoms with van der Waals surface area (Å²) in [6.07, 6.45) is 5.34. The summed E-state index contributed by atoms with van der Waals surface area (Å²) < 4.78 is 13.5. The smallest absolute Gasteiger partial charge is 0.263 e. The Hall–Kier alpha value is -3.65. The van der Waals surface area contributed by atoms with Gasteiger partial charge in [-0.15, -0.1) is 11.3 Å². The summed E-state index contributed by atoms with van der Waals surface area (Å²) in [4.78, 5) is 31.1. The van der Waals surface area contributed by atoms with E-state index in [1.54, 1.807) is 12.1 Å². The van der Waals surface area contributed by atoms with E-state index in [2.05, 4.69) is 10.3 Å². The Balaban J connectivity index is 1.22. The molecule has 8 heteroatoms. The highest BCUT2D eigenvalue weighted by molar-refractivity contribution is 7.17. The number of nitrogens with one attached hydrogen (secondary N) is 1. The van der Waals surface area contributed by atoms with Crippen LogP contribution in [0, 0.1) is 6.92 Å². The van der Waals surface area contributed by atoms with Crippen molar-refractivity contribution in [2.75, 3.05) is 5.32 Å². The van der Waals surface area contributed by atoms with Crippen LogP contribution in [0.3, 0.4) is 0 Å². The number of ether oxygens (including phenoxy) is 2. The predicted molar refractivity (Wildman–Crippen MR) is 132 cm³/mol. The van der Waals surface area contributed by atoms with Crippen LogP contribution in [-0.4, -0.2) is 21.2 Å². The summed E-state index contributed by atoms with van der Waals surface area (Å²) in [6.45, 7) is 1.89. The first-order chi connectivity index (χ1) is 16.5. The average Bonchev–Trinajstić information content (AvgIpc) is 3.54. The van der Waals surface area contributed by atoms with Crippen molar-refractivity contribution in [2.45, 2.75) is 44.9 Å². The monoisotopic (exact) mass is 473 g/mol. The molecule has 2 aliphatic rings. The highest BCUT2D eigenvalue weighted by atomic mass is 32.1. The number of nitrogens with zero attached hydrogens (tertiary/aromatic N) is 2. The van der Waals surface area contributed by atoms with Gasteiger partial charge in [0.15, 0.2) is 11.5 Å². The lowest BCUT2D eigenvalue weighted by atomic mass is 10.1. The maximum absolute atomic E-state index is 13.2. The zero-order chi connectivity index (χ0) is 23.3. The van der Waals surface area contributed by atoms with Gasteiger partial charge in [-0.2, -0.15) is 0 Å². The van der Waals surface area contributed by atoms with E-state index < -0.39 is 5.79 Å². The second-order valence-electron chi connectivity index (χ2n) is 8.90. The Kier molecular flexibility index (Phi) is 4.91. The molecule has 3 heterocycles. The van der Waals surface area contributed by atoms with Gasteiger partial charge in [0.25, 0.3) is 11.3 Å². The fourth-order valence-corrected chi connectivity index (χ4v) is 5.58. The summed E-state index contributed by atoms with van der Waals surface area (Å²) in [5.41, 5.74) is 3.31. The van der Waals surface area contributed by atoms with Crippen molar-refractivity contribution < 1.29 is 14.3 Å². The molecule has 1 aliphatic carbocycles. The second kappa shape index (κ2) is 7.99. The maximum atomic E-state index is 13.2. The van der Waals surface area contributed by atoms with Crippen LogP contribution in [0.4, 0.5) is 5.69 Å². The molecule has 2 aromatic carbocycles. The van der Waals surface area contributed by atoms with Gasteiger partial charge in [-0.1, -0.05) is 29.8 Å². The van der Waals surface area contributed by atoms with Gasteiger partial charge in [0.05, 0.1) is 11.7 Å². The van der Waals surface area contributed by atoms with Crippen LogP contribution in [0.25, 0.3) is 21.3 Å². The highest BCUT2D eigenvalue weighted by Gasteiger charge is 2.44. The van der Waals surface area contributed by atoms with Crippen LogP contribution in [0.2, 0.25) is 0 Å². The Morgan fingerprint density at radius 2 is 1.88 bits per heavy atom. The Morgan fingerprint density at radius 3 is 2.68 bits per heavy atom. The first-order valence-electron chi connectivity index (χ1n) is 11.4. The molecule has 1 fully saturated rings. The van der Waals surface area contributed by atoms with Crippen LogP contribution in [0.5, 0.6) is 11.5 Å². The maximum Gasteiger partial charge on any atom is 0.263 e. The number of benzene rings is 2. The normalized spacial score (nSPS) is 15.8. The summed E-state index contributed by atoms with van der Waals surface area (Å²) in [6, 6.07) is 13.4. The Morgan fingerprint density at radius 1 is 1.12 bits per heavy atom. The molecule has 1 aliphatic heterocycles. The van der Waals surface area contributed by atoms with E-state index in [-0.39, 0.29) is 18.0 Å². The highest BCUT2D eigenvalue weighted by Crippen LogP contribution is 2.47. The van der Waals surface area contributed by atoms with Gasteiger partial charge in [0, 0.05) is 35.5 Å². The van der Waals surface area contributed by atoms with E-state index >= 15 is 0 Å². The minimum Gasteiger partial charge on any atom is -0.448 e. The minimum atomic E-state index is -0.547. The number of aromatic nitrogens is 2. The van der Waals surface area contributed by atoms with Gasteiger partial charge in [-0.05, 0) is 37.5 Å². The number of thiophene rings is 1. The van der Waals surface area contributed by atoms with Crippen molar-refractivity contribution >= 4 is 33.1 Å². The average molecular weight is 474 g/mol. The third-order valence-corrected chi connectivity index (χ3v) is 7.31. The first-order valence-corrected chi connectivity index (χ1v) is 12.2. The summed E-state index contributed by atoms with van der Waals surface area (Å²) >= 11 is 1.43. The van der Waals surface area contributed by atoms with Crippen molar-refractivity contribution in [3.8, 4) is 22.6 Å². The zero-order valence-corrected chi connectivity index (χ0v) is 19.5. The third kappa shape index (κ3) is 3.64. The quantitative estimate of drug-likeness (QED) is 0.445. The minimum absolute atomic E-state index is 0.136. The summed E-state index contributed by atoms with van der Waals surface area (Å²) in [5, 5.41) is 5.34. The van der Waals surface area contributed by atoms with Gasteiger partial charge in [-0.3, -0.25) is 14.2 Å². The van der Waals surface area contributed by atoms with Gasteiger partial charge < -0.3 is 14.8 Å². The second-order valence-corrected chi connectivity index (χ2v) is 9.76. The molecule has 0 atom stereocenters. The van der Waals surface area contributed by atoms with E-state index in [0.29, 0.717) is 27.4 Å². The van der Waals surface area contributed by atoms with Crippen molar-refractivity contribution in [3.63, 3.8) is 0 Å². The van der Waals surface area contributed by atoms with Crippen LogP contribution < -0.4 is 20.3 Å². The molecule has 2 aromatic heterocycles. The molecule has 1 saturated carbocycles. The van der Waals surface area contributed by atoms with E-state index in [1.807, 2.05) is 42.6 Å². The molecule has 1 spiro atoms. The van der Waals surface area contributed by atoms with Crippen molar-refractivity contribution in [1.29, 1.82) is 0 Å². The lowest BCUT2D eigenvalue weighted by Crippen LogP contribution is -2.34. The van der Waals surface area contributed by atoms with E-state index in [9.17, 15) is 9.59 Å². The molecule has 0 bridgehead atoms. The number of anilines is 1. The lowest BCUT2D eigenvalue weighted by molar-refractivity contribution is -0.116. The van der Waals surface area contributed by atoms with Crippen LogP contribution in [0.15, 0.2) is 59.0 Å². The number of hydrogen-bond acceptors (Lipinski definition) is 6. The topological polar surface area (TPSA) is 82.5 Å². The van der Waals surface area contributed by atoms with Crippen molar-refractivity contribution in [2.24, 2.45) is 0 Å². The molecular weight excluding hydrogens is 450 g/mol. The van der Waals surface area contributed by atoms with Crippen LogP contribution >= 0.6 is 11.3 Å². The number of amides is 1. The largest absolute Gasteiger partial charge is 0.448 e. The van der Waals surface area contributed by atoms with E-state index in [1.165, 1.54) is 22.2 Å². The molecule has 4 aromatic rings. The van der Waals surface area contributed by atoms with Crippen molar-refractivity contribution in [1.82, 2.24) is 9.55 Å². The number of rotatable bonds is 4. The molecule has 34 heavy (non-hydrogen) atoms. The summed E-state index contributed by atoms with van der Waals surface area (Å²) in [7, 11) is 0. The van der Waals surface area contributed by atoms with Gasteiger partial charge >= 0.3 is 0 Å². The Bertz CT molecular complexity index is 1470. The standard InChI is InChI=1S/C26H23N3O4S/c1-16-4-6-17(7-5-16)19-14-34-24-23(19)25(31)29(15-27-24)13-22(30)28-18-8-9-20-21(12-18)33-26(32-20)10-2-3-11-26/h4-9,12,14-15H,2-3,10-11,13H2,1H3,(H,28,30). The number of carbonyl (C=O) groups excluding carboxylic acids is 1. The molecule has 0 unspecified atom stereocenters. The molecule has 1 N–H and O–H groups in total. The summed E-state index contributed by atoms with van der Waals surface area (Å²) in [5.74, 6) is 0.479. The fraction of sp³-hybridized carbons (Fsp3) is 0.269. The molecule has 7 nitrogen and oxygen atoms in total. The van der Waals surface area contributed by atoms with Crippen LogP contribution in [0.1, 0.15) is 31.2 Å². The molecule has 1 amide bonds. The van der Waals surface area contributed by atoms with E-state index in [4.69, 9.17) is 9.47 Å². The molecule has 0 saturated heterocycles. The molecular formula is C26H23N3O4S. The number of hydrogen-bond donors (Lipinski definition) is 1. The SMILES string of the molecule is Cc1ccc(-c2csc3ncn(CC(=O)Nc4ccc5c(c4)OC4(CCCC4)O5)c(=O)c23)cc1. The fourth-order valence-electron chi connectivity index (χ4n) is 4.67. The third-order valence-electron chi connectivity index (χ3n) is 6.42. The van der Waals surface area contributed by atoms with Gasteiger partial charge in [-0.25, -0.2) is 4.98 Å². The zero-order valence-electron chi connectivity index (χ0n) is 18.7. The molecule has 172 valence electrons. The molecule has 0 radical (unpaired) electrons. The number of aryl methyl sites for hydroxylation is 1. The van der Waals surface area contributed by atoms with Crippen LogP contribution in [-0.2, 0) is 11.3 Å². The van der Waals surface area contributed by atoms with Crippen molar-refractivity contribution in [3.05, 3.63) is 70.1 Å². The first kappa shape index (κ1) is 20.9. The number of fused-ring (bicyclic) bond motifs is 2. The van der Waals surface area contributed by atoms with E-state index in [0.717, 1.165) is 42.4 Å². The molecule has 6 rings (SSSR count). The predicted octanol–water partition coefficient (Wildman–Crippen LogP) is 5.11. The number of carbonyl (C=O) groups is 1. The Labute approximate surface area is 200 Å². The van der Waals surface area contributed by atoms with Gasteiger partial charge in [0.2, 0.25) is 5.91 Å². The van der Waals surface area contributed by atoms with Gasteiger partial charge in [0.1, 0.15) is 11.4 Å². The lowest BCUT2D eigenvalue weighted by Gasteiger charge is -2.21.